The molecule has 6 heteroatoms. The third kappa shape index (κ3) is 5.24. The number of rotatable bonds is 7. The monoisotopic (exact) mass is 499 g/mol. The standard InChI is InChI=1S/C29H23Cl2N3O/c30-23-13-10-21(11-14-23)29-26(15-17-28(35)32-18-20-6-2-1-3-7-20)34-19-22(12-16-27(34)33-29)24-8-4-5-9-25(24)31/h1-14,16,19H,15,17-18H2,(H,32,35). The number of halogens is 2. The van der Waals surface area contributed by atoms with Crippen molar-refractivity contribution in [3.8, 4) is 22.4 Å². The van der Waals surface area contributed by atoms with Gasteiger partial charge in [0.2, 0.25) is 5.91 Å². The summed E-state index contributed by atoms with van der Waals surface area (Å²) in [6.45, 7) is 0.507. The molecule has 0 aliphatic carbocycles. The molecule has 5 aromatic rings. The first-order chi connectivity index (χ1) is 17.1. The molecule has 2 heterocycles. The summed E-state index contributed by atoms with van der Waals surface area (Å²) in [6, 6.07) is 29.3. The SMILES string of the molecule is O=C(CCc1c(-c2ccc(Cl)cc2)nc2ccc(-c3ccccc3Cl)cn12)NCc1ccccc1. The third-order valence-electron chi connectivity index (χ3n) is 5.94. The number of amides is 1. The normalized spacial score (nSPS) is 11.0. The minimum atomic E-state index is -0.00637. The lowest BCUT2D eigenvalue weighted by Crippen LogP contribution is -2.23. The van der Waals surface area contributed by atoms with Crippen LogP contribution in [0.2, 0.25) is 10.0 Å². The highest BCUT2D eigenvalue weighted by molar-refractivity contribution is 6.33. The summed E-state index contributed by atoms with van der Waals surface area (Å²) in [7, 11) is 0. The van der Waals surface area contributed by atoms with Crippen molar-refractivity contribution in [2.45, 2.75) is 19.4 Å². The van der Waals surface area contributed by atoms with Crippen LogP contribution in [0.5, 0.6) is 0 Å². The van der Waals surface area contributed by atoms with Crippen molar-refractivity contribution in [1.82, 2.24) is 14.7 Å². The van der Waals surface area contributed by atoms with Crippen molar-refractivity contribution in [2.24, 2.45) is 0 Å². The minimum Gasteiger partial charge on any atom is -0.352 e. The fourth-order valence-electron chi connectivity index (χ4n) is 4.14. The Bertz CT molecular complexity index is 1480. The maximum Gasteiger partial charge on any atom is 0.220 e. The molecule has 0 aliphatic rings. The van der Waals surface area contributed by atoms with Gasteiger partial charge in [0.25, 0.3) is 0 Å². The predicted octanol–water partition coefficient (Wildman–Crippen LogP) is 7.22. The Morgan fingerprint density at radius 3 is 2.31 bits per heavy atom. The fraction of sp³-hybridized carbons (Fsp3) is 0.103. The molecule has 174 valence electrons. The molecule has 0 spiro atoms. The van der Waals surface area contributed by atoms with Gasteiger partial charge in [-0.2, -0.15) is 0 Å². The van der Waals surface area contributed by atoms with Crippen molar-refractivity contribution >= 4 is 34.8 Å². The van der Waals surface area contributed by atoms with E-state index in [0.29, 0.717) is 29.4 Å². The highest BCUT2D eigenvalue weighted by atomic mass is 35.5. The summed E-state index contributed by atoms with van der Waals surface area (Å²) in [5.41, 5.74) is 6.58. The molecule has 0 unspecified atom stereocenters. The molecule has 4 nitrogen and oxygen atoms in total. The largest absolute Gasteiger partial charge is 0.352 e. The molecule has 0 aliphatic heterocycles. The van der Waals surface area contributed by atoms with Crippen molar-refractivity contribution in [2.75, 3.05) is 0 Å². The number of aryl methyl sites for hydroxylation is 1. The molecule has 0 saturated carbocycles. The predicted molar refractivity (Wildman–Crippen MR) is 143 cm³/mol. The number of hydrogen-bond donors (Lipinski definition) is 1. The molecule has 1 amide bonds. The minimum absolute atomic E-state index is 0.00637. The van der Waals surface area contributed by atoms with Crippen molar-refractivity contribution in [1.29, 1.82) is 0 Å². The van der Waals surface area contributed by atoms with Crippen LogP contribution in [0.4, 0.5) is 0 Å². The van der Waals surface area contributed by atoms with E-state index in [0.717, 1.165) is 39.3 Å². The maximum atomic E-state index is 12.7. The number of benzene rings is 3. The van der Waals surface area contributed by atoms with Crippen LogP contribution in [-0.2, 0) is 17.8 Å². The van der Waals surface area contributed by atoms with Crippen LogP contribution < -0.4 is 5.32 Å². The average Bonchev–Trinajstić information content (AvgIpc) is 3.25. The molecule has 3 aromatic carbocycles. The van der Waals surface area contributed by atoms with E-state index in [9.17, 15) is 4.79 Å². The molecule has 2 aromatic heterocycles. The van der Waals surface area contributed by atoms with Crippen LogP contribution in [-0.4, -0.2) is 15.3 Å². The Balaban J connectivity index is 1.48. The number of carbonyl (C=O) groups is 1. The number of aromatic nitrogens is 2. The van der Waals surface area contributed by atoms with E-state index in [2.05, 4.69) is 9.72 Å². The smallest absolute Gasteiger partial charge is 0.220 e. The van der Waals surface area contributed by atoms with Crippen LogP contribution in [0.15, 0.2) is 97.2 Å². The van der Waals surface area contributed by atoms with Gasteiger partial charge in [0.05, 0.1) is 11.4 Å². The summed E-state index contributed by atoms with van der Waals surface area (Å²) < 4.78 is 2.06. The van der Waals surface area contributed by atoms with Crippen LogP contribution in [0.25, 0.3) is 28.0 Å². The van der Waals surface area contributed by atoms with Gasteiger partial charge in [-0.15, -0.1) is 0 Å². The number of nitrogens with zero attached hydrogens (tertiary/aromatic N) is 2. The van der Waals surface area contributed by atoms with E-state index < -0.39 is 0 Å². The van der Waals surface area contributed by atoms with Gasteiger partial charge in [-0.1, -0.05) is 83.9 Å². The van der Waals surface area contributed by atoms with Crippen LogP contribution >= 0.6 is 23.2 Å². The molecule has 5 rings (SSSR count). The van der Waals surface area contributed by atoms with Gasteiger partial charge in [-0.05, 0) is 47.9 Å². The van der Waals surface area contributed by atoms with Gasteiger partial charge in [-0.25, -0.2) is 4.98 Å². The molecular formula is C29H23Cl2N3O. The van der Waals surface area contributed by atoms with E-state index in [4.69, 9.17) is 28.2 Å². The molecule has 1 N–H and O–H groups in total. The molecule has 0 atom stereocenters. The van der Waals surface area contributed by atoms with E-state index in [1.807, 2.05) is 97.2 Å². The van der Waals surface area contributed by atoms with E-state index in [1.54, 1.807) is 0 Å². The van der Waals surface area contributed by atoms with Crippen LogP contribution in [0.1, 0.15) is 17.7 Å². The van der Waals surface area contributed by atoms with Crippen molar-refractivity contribution in [3.05, 3.63) is 118 Å². The Labute approximate surface area is 214 Å². The second kappa shape index (κ2) is 10.3. The molecule has 0 fully saturated rings. The lowest BCUT2D eigenvalue weighted by Gasteiger charge is -2.09. The lowest BCUT2D eigenvalue weighted by molar-refractivity contribution is -0.121. The topological polar surface area (TPSA) is 46.4 Å². The quantitative estimate of drug-likeness (QED) is 0.256. The van der Waals surface area contributed by atoms with Crippen molar-refractivity contribution in [3.63, 3.8) is 0 Å². The second-order valence-corrected chi connectivity index (χ2v) is 9.15. The van der Waals surface area contributed by atoms with Crippen LogP contribution in [0, 0.1) is 0 Å². The van der Waals surface area contributed by atoms with E-state index in [1.165, 1.54) is 0 Å². The second-order valence-electron chi connectivity index (χ2n) is 8.30. The summed E-state index contributed by atoms with van der Waals surface area (Å²) in [5, 5.41) is 4.37. The number of carbonyl (C=O) groups excluding carboxylic acids is 1. The lowest BCUT2D eigenvalue weighted by atomic mass is 10.1. The Morgan fingerprint density at radius 1 is 0.829 bits per heavy atom. The molecule has 0 saturated heterocycles. The van der Waals surface area contributed by atoms with Crippen LogP contribution in [0.3, 0.4) is 0 Å². The van der Waals surface area contributed by atoms with Gasteiger partial charge in [0, 0.05) is 40.3 Å². The number of pyridine rings is 1. The van der Waals surface area contributed by atoms with Gasteiger partial charge in [0.15, 0.2) is 0 Å². The number of fused-ring (bicyclic) bond motifs is 1. The van der Waals surface area contributed by atoms with Gasteiger partial charge >= 0.3 is 0 Å². The first-order valence-electron chi connectivity index (χ1n) is 11.4. The van der Waals surface area contributed by atoms with Gasteiger partial charge < -0.3 is 9.72 Å². The zero-order valence-corrected chi connectivity index (χ0v) is 20.4. The summed E-state index contributed by atoms with van der Waals surface area (Å²) in [5.74, 6) is -0.00637. The van der Waals surface area contributed by atoms with Gasteiger partial charge in [0.1, 0.15) is 5.65 Å². The Kier molecular flexibility index (Phi) is 6.84. The highest BCUT2D eigenvalue weighted by Crippen LogP contribution is 2.31. The number of nitrogens with one attached hydrogen (secondary N) is 1. The average molecular weight is 500 g/mol. The third-order valence-corrected chi connectivity index (χ3v) is 6.52. The van der Waals surface area contributed by atoms with Crippen molar-refractivity contribution < 1.29 is 4.79 Å². The summed E-state index contributed by atoms with van der Waals surface area (Å²) >= 11 is 12.6. The van der Waals surface area contributed by atoms with E-state index in [-0.39, 0.29) is 5.91 Å². The zero-order valence-electron chi connectivity index (χ0n) is 18.9. The zero-order chi connectivity index (χ0) is 24.2. The molecular weight excluding hydrogens is 477 g/mol. The number of imidazole rings is 1. The van der Waals surface area contributed by atoms with Gasteiger partial charge in [-0.3, -0.25) is 4.79 Å². The Hall–Kier alpha value is -3.60. The maximum absolute atomic E-state index is 12.7. The number of hydrogen-bond acceptors (Lipinski definition) is 2. The Morgan fingerprint density at radius 2 is 1.54 bits per heavy atom. The molecule has 35 heavy (non-hydrogen) atoms. The van der Waals surface area contributed by atoms with E-state index >= 15 is 0 Å². The summed E-state index contributed by atoms with van der Waals surface area (Å²) in [4.78, 5) is 17.6. The molecule has 0 bridgehead atoms. The fourth-order valence-corrected chi connectivity index (χ4v) is 4.51. The summed E-state index contributed by atoms with van der Waals surface area (Å²) in [6.07, 6.45) is 2.92. The first kappa shape index (κ1) is 23.2. The highest BCUT2D eigenvalue weighted by Gasteiger charge is 2.17. The first-order valence-corrected chi connectivity index (χ1v) is 12.2. The molecule has 0 radical (unpaired) electrons.